The maximum atomic E-state index is 11.8. The molecule has 23 heavy (non-hydrogen) atoms. The summed E-state index contributed by atoms with van der Waals surface area (Å²) in [7, 11) is 0. The topological polar surface area (TPSA) is 44.4 Å². The molecule has 5 heteroatoms. The van der Waals surface area contributed by atoms with Gasteiger partial charge in [0.2, 0.25) is 0 Å². The van der Waals surface area contributed by atoms with Crippen molar-refractivity contribution in [3.05, 3.63) is 65.0 Å². The van der Waals surface area contributed by atoms with Crippen LogP contribution in [0.4, 0.5) is 0 Å². The minimum Gasteiger partial charge on any atom is -0.462 e. The molecule has 0 bridgehead atoms. The van der Waals surface area contributed by atoms with Crippen LogP contribution in [0, 0.1) is 4.84 Å². The molecule has 0 atom stereocenters. The lowest BCUT2D eigenvalue weighted by molar-refractivity contribution is 0.0497. The minimum atomic E-state index is -0.282. The first-order chi connectivity index (χ1) is 11.3. The summed E-state index contributed by atoms with van der Waals surface area (Å²) >= 11 is 5.25. The Morgan fingerprint density at radius 1 is 1.04 bits per heavy atom. The molecule has 0 saturated heterocycles. The maximum absolute atomic E-state index is 11.8. The second kappa shape index (κ2) is 7.24. The highest BCUT2D eigenvalue weighted by Gasteiger charge is 2.07. The fraction of sp³-hybridized carbons (Fsp3) is 0.222. The molecule has 0 N–H and O–H groups in total. The van der Waals surface area contributed by atoms with E-state index in [1.165, 1.54) is 0 Å². The lowest BCUT2D eigenvalue weighted by atomic mass is 10.2. The normalized spacial score (nSPS) is 10.8. The Kier molecular flexibility index (Phi) is 4.88. The Bertz CT molecular complexity index is 851. The highest BCUT2D eigenvalue weighted by molar-refractivity contribution is 7.71. The van der Waals surface area contributed by atoms with Crippen molar-refractivity contribution in [1.82, 2.24) is 4.57 Å². The summed E-state index contributed by atoms with van der Waals surface area (Å²) in [5.41, 5.74) is 2.38. The van der Waals surface area contributed by atoms with E-state index in [2.05, 4.69) is 0 Å². The number of aromatic nitrogens is 1. The number of carbonyl (C=O) groups is 1. The third-order valence-electron chi connectivity index (χ3n) is 3.59. The van der Waals surface area contributed by atoms with Crippen LogP contribution >= 0.6 is 12.2 Å². The molecule has 0 amide bonds. The Labute approximate surface area is 139 Å². The van der Waals surface area contributed by atoms with Crippen LogP contribution in [0.5, 0.6) is 0 Å². The molecule has 0 saturated carbocycles. The van der Waals surface area contributed by atoms with Crippen molar-refractivity contribution in [3.8, 4) is 0 Å². The summed E-state index contributed by atoms with van der Waals surface area (Å²) < 4.78 is 12.8. The molecule has 3 aromatic rings. The Balaban J connectivity index is 1.49. The molecule has 4 nitrogen and oxygen atoms in total. The highest BCUT2D eigenvalue weighted by atomic mass is 32.1. The average Bonchev–Trinajstić information content (AvgIpc) is 2.91. The number of rotatable bonds is 6. The quantitative estimate of drug-likeness (QED) is 0.377. The van der Waals surface area contributed by atoms with Crippen LogP contribution in [0.1, 0.15) is 23.2 Å². The van der Waals surface area contributed by atoms with Gasteiger partial charge in [0, 0.05) is 6.54 Å². The van der Waals surface area contributed by atoms with E-state index in [1.54, 1.807) is 12.1 Å². The summed E-state index contributed by atoms with van der Waals surface area (Å²) in [6.45, 7) is 1.15. The molecule has 3 rings (SSSR count). The van der Waals surface area contributed by atoms with Crippen LogP contribution in [-0.2, 0) is 11.3 Å². The predicted molar refractivity (Wildman–Crippen MR) is 91.0 cm³/mol. The molecular formula is C18H17NO3S. The molecule has 0 unspecified atom stereocenters. The van der Waals surface area contributed by atoms with Crippen molar-refractivity contribution in [2.45, 2.75) is 19.4 Å². The number of nitrogens with zero attached hydrogens (tertiary/aromatic N) is 1. The summed E-state index contributed by atoms with van der Waals surface area (Å²) in [4.78, 5) is 12.3. The SMILES string of the molecule is O=C(OCCCCn1c(=S)oc2ccccc21)c1ccccc1. The van der Waals surface area contributed by atoms with E-state index in [0.29, 0.717) is 17.0 Å². The first-order valence-corrected chi connectivity index (χ1v) is 7.97. The molecule has 1 heterocycles. The van der Waals surface area contributed by atoms with E-state index in [9.17, 15) is 4.79 Å². The molecular weight excluding hydrogens is 310 g/mol. The number of aryl methyl sites for hydroxylation is 1. The number of esters is 1. The number of para-hydroxylation sites is 2. The number of hydrogen-bond donors (Lipinski definition) is 0. The third kappa shape index (κ3) is 3.68. The van der Waals surface area contributed by atoms with Gasteiger partial charge in [0.1, 0.15) is 0 Å². The zero-order valence-corrected chi connectivity index (χ0v) is 13.4. The van der Waals surface area contributed by atoms with Gasteiger partial charge in [0.05, 0.1) is 17.7 Å². The van der Waals surface area contributed by atoms with E-state index in [4.69, 9.17) is 21.4 Å². The van der Waals surface area contributed by atoms with Crippen LogP contribution in [0.3, 0.4) is 0 Å². The zero-order valence-electron chi connectivity index (χ0n) is 12.6. The van der Waals surface area contributed by atoms with E-state index in [-0.39, 0.29) is 5.97 Å². The van der Waals surface area contributed by atoms with Gasteiger partial charge < -0.3 is 9.15 Å². The van der Waals surface area contributed by atoms with Crippen LogP contribution in [-0.4, -0.2) is 17.1 Å². The van der Waals surface area contributed by atoms with Gasteiger partial charge in [0.25, 0.3) is 4.84 Å². The Morgan fingerprint density at radius 2 is 1.78 bits per heavy atom. The molecule has 0 fully saturated rings. The summed E-state index contributed by atoms with van der Waals surface area (Å²) in [5.74, 6) is -0.282. The van der Waals surface area contributed by atoms with Crippen molar-refractivity contribution >= 4 is 29.3 Å². The number of carbonyl (C=O) groups excluding carboxylic acids is 1. The molecule has 0 aliphatic rings. The molecule has 2 aromatic carbocycles. The number of oxazole rings is 1. The second-order valence-electron chi connectivity index (χ2n) is 5.20. The molecule has 118 valence electrons. The lowest BCUT2D eigenvalue weighted by Crippen LogP contribution is -2.07. The minimum absolute atomic E-state index is 0.282. The molecule has 0 radical (unpaired) electrons. The van der Waals surface area contributed by atoms with E-state index < -0.39 is 0 Å². The predicted octanol–water partition coefficient (Wildman–Crippen LogP) is 4.60. The molecule has 0 aliphatic heterocycles. The summed E-state index contributed by atoms with van der Waals surface area (Å²) in [5, 5.41) is 0. The van der Waals surface area contributed by atoms with Gasteiger partial charge in [-0.05, 0) is 49.3 Å². The van der Waals surface area contributed by atoms with Crippen molar-refractivity contribution in [1.29, 1.82) is 0 Å². The lowest BCUT2D eigenvalue weighted by Gasteiger charge is -2.06. The van der Waals surface area contributed by atoms with Gasteiger partial charge in [0.15, 0.2) is 5.58 Å². The fourth-order valence-corrected chi connectivity index (χ4v) is 2.70. The van der Waals surface area contributed by atoms with Gasteiger partial charge in [-0.15, -0.1) is 0 Å². The van der Waals surface area contributed by atoms with Crippen molar-refractivity contribution < 1.29 is 13.9 Å². The van der Waals surface area contributed by atoms with Gasteiger partial charge >= 0.3 is 5.97 Å². The average molecular weight is 327 g/mol. The van der Waals surface area contributed by atoms with Gasteiger partial charge in [-0.3, -0.25) is 4.57 Å². The van der Waals surface area contributed by atoms with Gasteiger partial charge in [-0.2, -0.15) is 0 Å². The molecule has 0 spiro atoms. The fourth-order valence-electron chi connectivity index (χ4n) is 2.42. The highest BCUT2D eigenvalue weighted by Crippen LogP contribution is 2.17. The Morgan fingerprint density at radius 3 is 2.61 bits per heavy atom. The molecule has 0 aliphatic carbocycles. The summed E-state index contributed by atoms with van der Waals surface area (Å²) in [6.07, 6.45) is 1.64. The van der Waals surface area contributed by atoms with Gasteiger partial charge in [-0.1, -0.05) is 30.3 Å². The maximum Gasteiger partial charge on any atom is 0.338 e. The van der Waals surface area contributed by atoms with Crippen LogP contribution in [0.25, 0.3) is 11.1 Å². The van der Waals surface area contributed by atoms with E-state index in [0.717, 1.165) is 30.5 Å². The third-order valence-corrected chi connectivity index (χ3v) is 3.90. The van der Waals surface area contributed by atoms with Crippen molar-refractivity contribution in [2.24, 2.45) is 0 Å². The molecule has 1 aromatic heterocycles. The number of hydrogen-bond acceptors (Lipinski definition) is 4. The Hall–Kier alpha value is -2.40. The van der Waals surface area contributed by atoms with Crippen LogP contribution in [0.15, 0.2) is 59.0 Å². The number of fused-ring (bicyclic) bond motifs is 1. The van der Waals surface area contributed by atoms with Crippen LogP contribution < -0.4 is 0 Å². The number of unbranched alkanes of at least 4 members (excludes halogenated alkanes) is 1. The number of benzene rings is 2. The zero-order chi connectivity index (χ0) is 16.1. The van der Waals surface area contributed by atoms with E-state index in [1.807, 2.05) is 47.0 Å². The van der Waals surface area contributed by atoms with Crippen molar-refractivity contribution in [3.63, 3.8) is 0 Å². The van der Waals surface area contributed by atoms with Crippen LogP contribution in [0.2, 0.25) is 0 Å². The first kappa shape index (κ1) is 15.5. The largest absolute Gasteiger partial charge is 0.462 e. The number of ether oxygens (including phenoxy) is 1. The monoisotopic (exact) mass is 327 g/mol. The van der Waals surface area contributed by atoms with E-state index >= 15 is 0 Å². The summed E-state index contributed by atoms with van der Waals surface area (Å²) in [6, 6.07) is 16.8. The standard InChI is InChI=1S/C18H17NO3S/c20-17(14-8-2-1-3-9-14)21-13-7-6-12-19-15-10-4-5-11-16(15)22-18(19)23/h1-5,8-11H,6-7,12-13H2. The van der Waals surface area contributed by atoms with Crippen molar-refractivity contribution in [2.75, 3.05) is 6.61 Å². The first-order valence-electron chi connectivity index (χ1n) is 7.56. The van der Waals surface area contributed by atoms with Gasteiger partial charge in [-0.25, -0.2) is 4.79 Å². The smallest absolute Gasteiger partial charge is 0.338 e. The second-order valence-corrected chi connectivity index (χ2v) is 5.55.